The summed E-state index contributed by atoms with van der Waals surface area (Å²) in [6.07, 6.45) is -4.70. The first-order valence-corrected chi connectivity index (χ1v) is 5.36. The van der Waals surface area contributed by atoms with Crippen molar-refractivity contribution in [3.05, 3.63) is 35.9 Å². The number of alkyl halides is 3. The van der Waals surface area contributed by atoms with Crippen LogP contribution in [0.25, 0.3) is 0 Å². The van der Waals surface area contributed by atoms with Crippen molar-refractivity contribution in [1.29, 1.82) is 0 Å². The molecule has 6 heteroatoms. The van der Waals surface area contributed by atoms with Crippen molar-refractivity contribution in [3.8, 4) is 0 Å². The van der Waals surface area contributed by atoms with Crippen LogP contribution < -0.4 is 0 Å². The maximum Gasteiger partial charge on any atom is 0.522 e. The Morgan fingerprint density at radius 3 is 2.39 bits per heavy atom. The van der Waals surface area contributed by atoms with Crippen LogP contribution in [0.3, 0.4) is 0 Å². The minimum absolute atomic E-state index is 0.177. The fraction of sp³-hybridized carbons (Fsp3) is 0.417. The van der Waals surface area contributed by atoms with Gasteiger partial charge in [0.2, 0.25) is 0 Å². The lowest BCUT2D eigenvalue weighted by molar-refractivity contribution is -0.325. The van der Waals surface area contributed by atoms with E-state index in [9.17, 15) is 18.0 Å². The van der Waals surface area contributed by atoms with Gasteiger partial charge in [-0.2, -0.15) is 0 Å². The number of carbonyl (C=O) groups is 1. The van der Waals surface area contributed by atoms with Gasteiger partial charge in [0.25, 0.3) is 0 Å². The summed E-state index contributed by atoms with van der Waals surface area (Å²) in [6, 6.07) is 8.76. The predicted molar refractivity (Wildman–Crippen MR) is 57.9 cm³/mol. The van der Waals surface area contributed by atoms with E-state index in [-0.39, 0.29) is 12.8 Å². The molecular weight excluding hydrogens is 249 g/mol. The summed E-state index contributed by atoms with van der Waals surface area (Å²) < 4.78 is 38.9. The number of carboxylic acid groups (broad SMARTS) is 1. The van der Waals surface area contributed by atoms with Crippen molar-refractivity contribution in [1.82, 2.24) is 0 Å². The van der Waals surface area contributed by atoms with Gasteiger partial charge in [0.15, 0.2) is 0 Å². The first-order chi connectivity index (χ1) is 8.38. The van der Waals surface area contributed by atoms with Crippen LogP contribution in [0.4, 0.5) is 13.2 Å². The Balaban J connectivity index is 2.49. The second-order valence-electron chi connectivity index (χ2n) is 3.81. The molecule has 0 aliphatic carbocycles. The monoisotopic (exact) mass is 262 g/mol. The molecule has 1 aromatic carbocycles. The molecule has 1 N–H and O–H groups in total. The summed E-state index contributed by atoms with van der Waals surface area (Å²) in [7, 11) is 0. The average molecular weight is 262 g/mol. The van der Waals surface area contributed by atoms with Gasteiger partial charge >= 0.3 is 12.3 Å². The number of hydrogen-bond acceptors (Lipinski definition) is 2. The van der Waals surface area contributed by atoms with Gasteiger partial charge in [0, 0.05) is 0 Å². The number of halogens is 3. The van der Waals surface area contributed by atoms with Gasteiger partial charge in [0.05, 0.1) is 12.5 Å². The zero-order valence-corrected chi connectivity index (χ0v) is 9.48. The number of carboxylic acids is 1. The Labute approximate surface area is 102 Å². The van der Waals surface area contributed by atoms with E-state index >= 15 is 0 Å². The molecule has 1 atom stereocenters. The van der Waals surface area contributed by atoms with Crippen LogP contribution in [0.2, 0.25) is 0 Å². The van der Waals surface area contributed by atoms with Crippen molar-refractivity contribution < 1.29 is 27.8 Å². The molecule has 0 aliphatic rings. The van der Waals surface area contributed by atoms with Crippen molar-refractivity contribution in [2.75, 3.05) is 6.61 Å². The Kier molecular flexibility index (Phi) is 5.15. The Hall–Kier alpha value is -1.56. The molecule has 1 unspecified atom stereocenters. The quantitative estimate of drug-likeness (QED) is 0.857. The highest BCUT2D eigenvalue weighted by atomic mass is 19.4. The largest absolute Gasteiger partial charge is 0.522 e. The summed E-state index contributed by atoms with van der Waals surface area (Å²) >= 11 is 0. The van der Waals surface area contributed by atoms with Crippen LogP contribution >= 0.6 is 0 Å². The van der Waals surface area contributed by atoms with E-state index in [1.807, 2.05) is 0 Å². The minimum atomic E-state index is -4.71. The van der Waals surface area contributed by atoms with Gasteiger partial charge in [-0.1, -0.05) is 30.3 Å². The van der Waals surface area contributed by atoms with E-state index in [2.05, 4.69) is 4.74 Å². The molecule has 3 nitrogen and oxygen atoms in total. The van der Waals surface area contributed by atoms with Crippen LogP contribution in [0, 0.1) is 5.92 Å². The first-order valence-electron chi connectivity index (χ1n) is 5.36. The third kappa shape index (κ3) is 5.67. The van der Waals surface area contributed by atoms with Crippen molar-refractivity contribution in [2.24, 2.45) is 5.92 Å². The molecule has 1 rings (SSSR count). The number of benzene rings is 1. The normalized spacial score (nSPS) is 13.3. The average Bonchev–Trinajstić information content (AvgIpc) is 2.27. The van der Waals surface area contributed by atoms with Gasteiger partial charge in [-0.15, -0.1) is 13.2 Å². The number of rotatable bonds is 6. The molecule has 0 aromatic heterocycles. The van der Waals surface area contributed by atoms with Crippen molar-refractivity contribution in [3.63, 3.8) is 0 Å². The van der Waals surface area contributed by atoms with Crippen LogP contribution in [0.1, 0.15) is 12.0 Å². The zero-order valence-electron chi connectivity index (χ0n) is 9.48. The second kappa shape index (κ2) is 6.39. The summed E-state index contributed by atoms with van der Waals surface area (Å²) in [6.45, 7) is -0.646. The highest BCUT2D eigenvalue weighted by Gasteiger charge is 2.29. The fourth-order valence-electron chi connectivity index (χ4n) is 1.53. The molecule has 0 amide bonds. The Bertz CT molecular complexity index is 376. The lowest BCUT2D eigenvalue weighted by Crippen LogP contribution is -2.21. The third-order valence-electron chi connectivity index (χ3n) is 2.41. The SMILES string of the molecule is O=C(O)C(CCOC(F)(F)F)Cc1ccccc1. The van der Waals surface area contributed by atoms with Gasteiger partial charge in [-0.05, 0) is 18.4 Å². The molecule has 0 saturated carbocycles. The number of aliphatic carboxylic acids is 1. The first kappa shape index (κ1) is 14.5. The van der Waals surface area contributed by atoms with Gasteiger partial charge in [-0.25, -0.2) is 0 Å². The molecule has 0 saturated heterocycles. The number of hydrogen-bond donors (Lipinski definition) is 1. The summed E-state index contributed by atoms with van der Waals surface area (Å²) in [4.78, 5) is 10.9. The molecule has 1 aromatic rings. The summed E-state index contributed by atoms with van der Waals surface area (Å²) in [5.41, 5.74) is 0.775. The predicted octanol–water partition coefficient (Wildman–Crippen LogP) is 2.86. The topological polar surface area (TPSA) is 46.5 Å². The van der Waals surface area contributed by atoms with E-state index in [0.29, 0.717) is 0 Å². The minimum Gasteiger partial charge on any atom is -0.481 e. The summed E-state index contributed by atoms with van der Waals surface area (Å²) in [5.74, 6) is -2.00. The van der Waals surface area contributed by atoms with Gasteiger partial charge < -0.3 is 5.11 Å². The van der Waals surface area contributed by atoms with E-state index < -0.39 is 24.9 Å². The highest BCUT2D eigenvalue weighted by Crippen LogP contribution is 2.19. The van der Waals surface area contributed by atoms with Crippen molar-refractivity contribution in [2.45, 2.75) is 19.2 Å². The van der Waals surface area contributed by atoms with E-state index in [1.54, 1.807) is 30.3 Å². The van der Waals surface area contributed by atoms with E-state index in [1.165, 1.54) is 0 Å². The molecule has 0 radical (unpaired) electrons. The lowest BCUT2D eigenvalue weighted by atomic mass is 9.97. The summed E-state index contributed by atoms with van der Waals surface area (Å²) in [5, 5.41) is 8.93. The lowest BCUT2D eigenvalue weighted by Gasteiger charge is -2.13. The fourth-order valence-corrected chi connectivity index (χ4v) is 1.53. The molecule has 18 heavy (non-hydrogen) atoms. The molecule has 100 valence electrons. The van der Waals surface area contributed by atoms with Crippen LogP contribution in [-0.2, 0) is 16.0 Å². The van der Waals surface area contributed by atoms with E-state index in [0.717, 1.165) is 5.56 Å². The van der Waals surface area contributed by atoms with Gasteiger partial charge in [-0.3, -0.25) is 9.53 Å². The second-order valence-corrected chi connectivity index (χ2v) is 3.81. The molecule has 0 fully saturated rings. The molecule has 0 bridgehead atoms. The van der Waals surface area contributed by atoms with Crippen LogP contribution in [0.15, 0.2) is 30.3 Å². The van der Waals surface area contributed by atoms with E-state index in [4.69, 9.17) is 5.11 Å². The smallest absolute Gasteiger partial charge is 0.481 e. The van der Waals surface area contributed by atoms with Gasteiger partial charge in [0.1, 0.15) is 0 Å². The number of ether oxygens (including phenoxy) is 1. The maximum absolute atomic E-state index is 11.8. The van der Waals surface area contributed by atoms with Crippen molar-refractivity contribution >= 4 is 5.97 Å². The Morgan fingerprint density at radius 1 is 1.28 bits per heavy atom. The van der Waals surface area contributed by atoms with Crippen LogP contribution in [-0.4, -0.2) is 24.0 Å². The Morgan fingerprint density at radius 2 is 1.89 bits per heavy atom. The molecule has 0 aliphatic heterocycles. The highest BCUT2D eigenvalue weighted by molar-refractivity contribution is 5.70. The maximum atomic E-state index is 11.8. The molecule has 0 heterocycles. The standard InChI is InChI=1S/C12H13F3O3/c13-12(14,15)18-7-6-10(11(16)17)8-9-4-2-1-3-5-9/h1-5,10H,6-8H2,(H,16,17). The third-order valence-corrected chi connectivity index (χ3v) is 2.41. The molecule has 0 spiro atoms. The molecular formula is C12H13F3O3. The zero-order chi connectivity index (χ0) is 13.6. The van der Waals surface area contributed by atoms with Crippen LogP contribution in [0.5, 0.6) is 0 Å².